The molecule has 0 amide bonds. The fourth-order valence-corrected chi connectivity index (χ4v) is 1.16. The summed E-state index contributed by atoms with van der Waals surface area (Å²) in [5, 5.41) is 2.98. The standard InChI is InChI=1S/C5H8N2OS.ClH/c1-4-7-5(2-8-6)3-9-4;/h3H,2,6H2,1H3;1H. The van der Waals surface area contributed by atoms with Crippen LogP contribution in [0.2, 0.25) is 0 Å². The first kappa shape index (κ1) is 9.84. The lowest BCUT2D eigenvalue weighted by molar-refractivity contribution is 0.121. The van der Waals surface area contributed by atoms with Gasteiger partial charge in [-0.2, -0.15) is 0 Å². The molecule has 1 aromatic rings. The van der Waals surface area contributed by atoms with Crippen LogP contribution in [-0.2, 0) is 11.4 Å². The SMILES string of the molecule is Cc1nc(CON)cs1.Cl. The number of rotatable bonds is 2. The van der Waals surface area contributed by atoms with Gasteiger partial charge in [0.2, 0.25) is 0 Å². The van der Waals surface area contributed by atoms with E-state index < -0.39 is 0 Å². The third kappa shape index (κ3) is 2.62. The Balaban J connectivity index is 0.000000810. The van der Waals surface area contributed by atoms with Crippen LogP contribution in [0.3, 0.4) is 0 Å². The second-order valence-corrected chi connectivity index (χ2v) is 2.73. The van der Waals surface area contributed by atoms with Crippen LogP contribution in [-0.4, -0.2) is 4.98 Å². The number of aromatic nitrogens is 1. The van der Waals surface area contributed by atoms with Crippen molar-refractivity contribution >= 4 is 23.7 Å². The third-order valence-corrected chi connectivity index (χ3v) is 1.72. The van der Waals surface area contributed by atoms with Crippen LogP contribution in [0, 0.1) is 6.92 Å². The zero-order valence-electron chi connectivity index (χ0n) is 5.53. The molecule has 0 atom stereocenters. The summed E-state index contributed by atoms with van der Waals surface area (Å²) in [4.78, 5) is 8.50. The minimum absolute atomic E-state index is 0. The summed E-state index contributed by atoms with van der Waals surface area (Å²) in [5.41, 5.74) is 0.903. The molecule has 5 heteroatoms. The van der Waals surface area contributed by atoms with Crippen molar-refractivity contribution in [2.45, 2.75) is 13.5 Å². The molecule has 1 heterocycles. The summed E-state index contributed by atoms with van der Waals surface area (Å²) in [6, 6.07) is 0. The molecule has 0 unspecified atom stereocenters. The predicted octanol–water partition coefficient (Wildman–Crippen LogP) is 1.26. The van der Waals surface area contributed by atoms with Gasteiger partial charge in [-0.15, -0.1) is 23.7 Å². The molecule has 10 heavy (non-hydrogen) atoms. The Bertz CT molecular complexity index is 192. The van der Waals surface area contributed by atoms with Gasteiger partial charge in [0.05, 0.1) is 10.7 Å². The Kier molecular flexibility index (Phi) is 4.55. The minimum atomic E-state index is 0. The van der Waals surface area contributed by atoms with Gasteiger partial charge in [0.25, 0.3) is 0 Å². The van der Waals surface area contributed by atoms with E-state index >= 15 is 0 Å². The maximum absolute atomic E-state index is 4.83. The maximum atomic E-state index is 4.83. The van der Waals surface area contributed by atoms with Crippen LogP contribution < -0.4 is 5.90 Å². The van der Waals surface area contributed by atoms with Crippen LogP contribution in [0.4, 0.5) is 0 Å². The quantitative estimate of drug-likeness (QED) is 0.698. The largest absolute Gasteiger partial charge is 0.298 e. The van der Waals surface area contributed by atoms with Crippen molar-refractivity contribution in [3.05, 3.63) is 16.1 Å². The summed E-state index contributed by atoms with van der Waals surface area (Å²) < 4.78 is 0. The summed E-state index contributed by atoms with van der Waals surface area (Å²) >= 11 is 1.60. The number of thiazole rings is 1. The van der Waals surface area contributed by atoms with Gasteiger partial charge in [0.1, 0.15) is 6.61 Å². The van der Waals surface area contributed by atoms with Crippen molar-refractivity contribution in [2.24, 2.45) is 5.90 Å². The Morgan fingerprint density at radius 2 is 2.50 bits per heavy atom. The Hall–Kier alpha value is -0.160. The van der Waals surface area contributed by atoms with E-state index in [-0.39, 0.29) is 12.4 Å². The Morgan fingerprint density at radius 1 is 1.80 bits per heavy atom. The van der Waals surface area contributed by atoms with E-state index in [1.165, 1.54) is 0 Å². The topological polar surface area (TPSA) is 48.1 Å². The highest BCUT2D eigenvalue weighted by molar-refractivity contribution is 7.09. The van der Waals surface area contributed by atoms with Gasteiger partial charge in [0.15, 0.2) is 0 Å². The molecule has 0 aromatic carbocycles. The van der Waals surface area contributed by atoms with E-state index in [4.69, 9.17) is 5.90 Å². The lowest BCUT2D eigenvalue weighted by atomic mass is 10.5. The number of halogens is 1. The molecule has 0 saturated carbocycles. The van der Waals surface area contributed by atoms with E-state index in [0.29, 0.717) is 6.61 Å². The van der Waals surface area contributed by atoms with Gasteiger partial charge in [-0.3, -0.25) is 4.84 Å². The fraction of sp³-hybridized carbons (Fsp3) is 0.400. The van der Waals surface area contributed by atoms with Gasteiger partial charge >= 0.3 is 0 Å². The first-order chi connectivity index (χ1) is 4.33. The molecule has 0 aliphatic heterocycles. The van der Waals surface area contributed by atoms with E-state index in [9.17, 15) is 0 Å². The maximum Gasteiger partial charge on any atom is 0.111 e. The number of hydrogen-bond donors (Lipinski definition) is 1. The van der Waals surface area contributed by atoms with Crippen LogP contribution in [0.5, 0.6) is 0 Å². The van der Waals surface area contributed by atoms with Crippen LogP contribution in [0.25, 0.3) is 0 Å². The average molecular weight is 181 g/mol. The highest BCUT2D eigenvalue weighted by Gasteiger charge is 1.94. The molecule has 0 saturated heterocycles. The van der Waals surface area contributed by atoms with Crippen molar-refractivity contribution in [1.82, 2.24) is 4.98 Å². The lowest BCUT2D eigenvalue weighted by Gasteiger charge is -1.88. The van der Waals surface area contributed by atoms with E-state index in [0.717, 1.165) is 10.7 Å². The molecular formula is C5H9ClN2OS. The van der Waals surface area contributed by atoms with Crippen LogP contribution in [0.1, 0.15) is 10.7 Å². The molecule has 3 nitrogen and oxygen atoms in total. The van der Waals surface area contributed by atoms with Gasteiger partial charge < -0.3 is 0 Å². The lowest BCUT2D eigenvalue weighted by Crippen LogP contribution is -1.98. The second-order valence-electron chi connectivity index (χ2n) is 1.67. The van der Waals surface area contributed by atoms with Crippen LogP contribution >= 0.6 is 23.7 Å². The number of nitrogens with zero attached hydrogens (tertiary/aromatic N) is 1. The zero-order valence-corrected chi connectivity index (χ0v) is 7.17. The summed E-state index contributed by atoms with van der Waals surface area (Å²) in [5.74, 6) is 4.83. The van der Waals surface area contributed by atoms with E-state index in [2.05, 4.69) is 9.82 Å². The molecule has 0 aliphatic carbocycles. The summed E-state index contributed by atoms with van der Waals surface area (Å²) in [6.45, 7) is 2.36. The molecule has 0 bridgehead atoms. The van der Waals surface area contributed by atoms with Crippen molar-refractivity contribution in [2.75, 3.05) is 0 Å². The Labute approximate surface area is 69.6 Å². The highest BCUT2D eigenvalue weighted by Crippen LogP contribution is 2.07. The number of aryl methyl sites for hydroxylation is 1. The van der Waals surface area contributed by atoms with Crippen molar-refractivity contribution in [3.8, 4) is 0 Å². The second kappa shape index (κ2) is 4.62. The average Bonchev–Trinajstić information content (AvgIpc) is 2.17. The monoisotopic (exact) mass is 180 g/mol. The summed E-state index contributed by atoms with van der Waals surface area (Å²) in [6.07, 6.45) is 0. The van der Waals surface area contributed by atoms with E-state index in [1.807, 2.05) is 12.3 Å². The zero-order chi connectivity index (χ0) is 6.69. The molecule has 0 radical (unpaired) electrons. The smallest absolute Gasteiger partial charge is 0.111 e. The van der Waals surface area contributed by atoms with Gasteiger partial charge in [-0.1, -0.05) is 0 Å². The molecule has 1 aromatic heterocycles. The molecule has 2 N–H and O–H groups in total. The number of nitrogens with two attached hydrogens (primary N) is 1. The third-order valence-electron chi connectivity index (χ3n) is 0.898. The normalized spacial score (nSPS) is 9.00. The van der Waals surface area contributed by atoms with E-state index in [1.54, 1.807) is 11.3 Å². The predicted molar refractivity (Wildman–Crippen MR) is 43.1 cm³/mol. The van der Waals surface area contributed by atoms with Crippen molar-refractivity contribution in [1.29, 1.82) is 0 Å². The molecule has 0 fully saturated rings. The van der Waals surface area contributed by atoms with Gasteiger partial charge in [0, 0.05) is 5.38 Å². The van der Waals surface area contributed by atoms with Crippen LogP contribution in [0.15, 0.2) is 5.38 Å². The molecule has 0 spiro atoms. The van der Waals surface area contributed by atoms with Crippen molar-refractivity contribution < 1.29 is 4.84 Å². The molecule has 1 rings (SSSR count). The first-order valence-electron chi connectivity index (χ1n) is 2.55. The molecule has 0 aliphatic rings. The van der Waals surface area contributed by atoms with Crippen molar-refractivity contribution in [3.63, 3.8) is 0 Å². The minimum Gasteiger partial charge on any atom is -0.298 e. The Morgan fingerprint density at radius 3 is 2.90 bits per heavy atom. The van der Waals surface area contributed by atoms with Gasteiger partial charge in [-0.25, -0.2) is 10.9 Å². The first-order valence-corrected chi connectivity index (χ1v) is 3.43. The molecular weight excluding hydrogens is 172 g/mol. The summed E-state index contributed by atoms with van der Waals surface area (Å²) in [7, 11) is 0. The molecule has 58 valence electrons. The number of hydrogen-bond acceptors (Lipinski definition) is 4. The highest BCUT2D eigenvalue weighted by atomic mass is 35.5. The van der Waals surface area contributed by atoms with Gasteiger partial charge in [-0.05, 0) is 6.92 Å². The fourth-order valence-electron chi connectivity index (χ4n) is 0.560.